The highest BCUT2D eigenvalue weighted by Crippen LogP contribution is 2.39. The van der Waals surface area contributed by atoms with E-state index in [1.807, 2.05) is 19.1 Å². The molecule has 0 saturated carbocycles. The van der Waals surface area contributed by atoms with Crippen LogP contribution in [-0.2, 0) is 25.3 Å². The van der Waals surface area contributed by atoms with Gasteiger partial charge in [-0.2, -0.15) is 0 Å². The van der Waals surface area contributed by atoms with Gasteiger partial charge in [-0.05, 0) is 49.2 Å². The Balaban J connectivity index is 2.27. The summed E-state index contributed by atoms with van der Waals surface area (Å²) in [4.78, 5) is 11.7. The molecule has 6 nitrogen and oxygen atoms in total. The molecule has 1 aromatic rings. The number of hydrogen-bond acceptors (Lipinski definition) is 6. The lowest BCUT2D eigenvalue weighted by atomic mass is 9.84. The molecule has 7 heteroatoms. The summed E-state index contributed by atoms with van der Waals surface area (Å²) >= 11 is 0. The molecular weight excluding hydrogens is 398 g/mol. The third-order valence-electron chi connectivity index (χ3n) is 6.73. The van der Waals surface area contributed by atoms with E-state index in [9.17, 15) is 4.79 Å². The smallest absolute Gasteiger partial charge is 0.303 e. The molecular formula is C23H39NO5Si. The molecule has 170 valence electrons. The molecule has 1 fully saturated rings. The summed E-state index contributed by atoms with van der Waals surface area (Å²) < 4.78 is 24.4. The molecule has 1 aliphatic heterocycles. The minimum absolute atomic E-state index is 0.0162. The van der Waals surface area contributed by atoms with Gasteiger partial charge in [-0.1, -0.05) is 34.6 Å². The number of carbonyl (C=O) groups excluding carboxylic acids is 1. The molecule has 0 spiro atoms. The molecule has 1 aromatic carbocycles. The molecule has 0 radical (unpaired) electrons. The van der Waals surface area contributed by atoms with E-state index in [0.717, 1.165) is 5.56 Å². The van der Waals surface area contributed by atoms with E-state index < -0.39 is 20.7 Å². The average Bonchev–Trinajstić information content (AvgIpc) is 2.62. The first-order valence-electron chi connectivity index (χ1n) is 10.7. The summed E-state index contributed by atoms with van der Waals surface area (Å²) in [6.45, 7) is 19.1. The highest BCUT2D eigenvalue weighted by molar-refractivity contribution is 6.74. The first kappa shape index (κ1) is 24.7. The predicted molar refractivity (Wildman–Crippen MR) is 122 cm³/mol. The second-order valence-corrected chi connectivity index (χ2v) is 14.8. The molecule has 2 unspecified atom stereocenters. The van der Waals surface area contributed by atoms with Gasteiger partial charge < -0.3 is 24.4 Å². The van der Waals surface area contributed by atoms with Gasteiger partial charge in [-0.25, -0.2) is 0 Å². The van der Waals surface area contributed by atoms with E-state index in [2.05, 4.69) is 47.7 Å². The van der Waals surface area contributed by atoms with Gasteiger partial charge in [-0.3, -0.25) is 4.79 Å². The van der Waals surface area contributed by atoms with E-state index in [4.69, 9.17) is 24.4 Å². The van der Waals surface area contributed by atoms with Crippen molar-refractivity contribution in [1.82, 2.24) is 0 Å². The van der Waals surface area contributed by atoms with E-state index in [0.29, 0.717) is 18.0 Å². The summed E-state index contributed by atoms with van der Waals surface area (Å²) in [6.07, 6.45) is -1.19. The standard InChI is InChI=1S/C23H39NO5Si/c1-14-15(2)21(28-17(4)25)22(27-16(14)3)29-20-11-10-19(24)12-18(20)13-26-30(8,9)23(5,6)7/h10-12,14-16,21-22H,13,24H2,1-9H3/t14-,15-,16?,21?,22-/m0/s1. The number of benzene rings is 1. The Labute approximate surface area is 182 Å². The number of ether oxygens (including phenoxy) is 3. The van der Waals surface area contributed by atoms with Crippen LogP contribution in [-0.4, -0.2) is 32.8 Å². The Morgan fingerprint density at radius 3 is 2.37 bits per heavy atom. The Kier molecular flexibility index (Phi) is 7.64. The average molecular weight is 438 g/mol. The molecule has 0 aliphatic carbocycles. The van der Waals surface area contributed by atoms with Crippen molar-refractivity contribution < 1.29 is 23.4 Å². The zero-order chi connectivity index (χ0) is 22.9. The van der Waals surface area contributed by atoms with Crippen LogP contribution in [0.25, 0.3) is 0 Å². The molecule has 1 heterocycles. The number of carbonyl (C=O) groups is 1. The number of hydrogen-bond donors (Lipinski definition) is 1. The number of nitrogen functional groups attached to an aromatic ring is 1. The summed E-state index contributed by atoms with van der Waals surface area (Å²) in [5.41, 5.74) is 7.55. The monoisotopic (exact) mass is 437 g/mol. The van der Waals surface area contributed by atoms with Crippen LogP contribution < -0.4 is 10.5 Å². The van der Waals surface area contributed by atoms with Crippen LogP contribution in [0.15, 0.2) is 18.2 Å². The fourth-order valence-corrected chi connectivity index (χ4v) is 4.21. The van der Waals surface area contributed by atoms with Crippen LogP contribution >= 0.6 is 0 Å². The fraction of sp³-hybridized carbons (Fsp3) is 0.696. The molecule has 2 rings (SSSR count). The maximum absolute atomic E-state index is 11.7. The second kappa shape index (κ2) is 9.28. The highest BCUT2D eigenvalue weighted by Gasteiger charge is 2.43. The van der Waals surface area contributed by atoms with Crippen LogP contribution in [0.2, 0.25) is 18.1 Å². The maximum atomic E-state index is 11.7. The van der Waals surface area contributed by atoms with E-state index in [1.165, 1.54) is 6.92 Å². The molecule has 0 aromatic heterocycles. The minimum atomic E-state index is -1.94. The van der Waals surface area contributed by atoms with E-state index in [-0.39, 0.29) is 28.9 Å². The van der Waals surface area contributed by atoms with Gasteiger partial charge in [0.05, 0.1) is 12.7 Å². The molecule has 30 heavy (non-hydrogen) atoms. The molecule has 2 N–H and O–H groups in total. The quantitative estimate of drug-likeness (QED) is 0.378. The van der Waals surface area contributed by atoms with Gasteiger partial charge in [0.2, 0.25) is 6.29 Å². The Morgan fingerprint density at radius 2 is 1.80 bits per heavy atom. The topological polar surface area (TPSA) is 80.0 Å². The summed E-state index contributed by atoms with van der Waals surface area (Å²) in [5, 5.41) is 0.0995. The van der Waals surface area contributed by atoms with Crippen LogP contribution in [0.1, 0.15) is 54.0 Å². The van der Waals surface area contributed by atoms with E-state index >= 15 is 0 Å². The largest absolute Gasteiger partial charge is 0.460 e. The lowest BCUT2D eigenvalue weighted by molar-refractivity contribution is -0.243. The van der Waals surface area contributed by atoms with Gasteiger partial charge >= 0.3 is 5.97 Å². The molecule has 5 atom stereocenters. The van der Waals surface area contributed by atoms with Crippen molar-refractivity contribution in [2.75, 3.05) is 5.73 Å². The van der Waals surface area contributed by atoms with Crippen molar-refractivity contribution in [1.29, 1.82) is 0 Å². The second-order valence-electron chi connectivity index (χ2n) is 10.0. The van der Waals surface area contributed by atoms with Crippen molar-refractivity contribution in [2.24, 2.45) is 11.8 Å². The molecule has 1 aliphatic rings. The van der Waals surface area contributed by atoms with Gasteiger partial charge in [0.25, 0.3) is 0 Å². The van der Waals surface area contributed by atoms with Gasteiger partial charge in [0.15, 0.2) is 14.4 Å². The first-order valence-corrected chi connectivity index (χ1v) is 13.7. The van der Waals surface area contributed by atoms with Gasteiger partial charge in [-0.15, -0.1) is 0 Å². The Bertz CT molecular complexity index is 746. The van der Waals surface area contributed by atoms with Crippen molar-refractivity contribution in [2.45, 2.75) is 91.7 Å². The normalized spacial score (nSPS) is 27.6. The maximum Gasteiger partial charge on any atom is 0.303 e. The summed E-state index contributed by atoms with van der Waals surface area (Å²) in [6, 6.07) is 5.51. The third kappa shape index (κ3) is 5.77. The molecule has 1 saturated heterocycles. The summed E-state index contributed by atoms with van der Waals surface area (Å²) in [7, 11) is -1.94. The third-order valence-corrected chi connectivity index (χ3v) is 11.2. The van der Waals surface area contributed by atoms with Crippen molar-refractivity contribution in [3.05, 3.63) is 23.8 Å². The van der Waals surface area contributed by atoms with E-state index in [1.54, 1.807) is 6.07 Å². The van der Waals surface area contributed by atoms with Crippen LogP contribution in [0.3, 0.4) is 0 Å². The number of esters is 1. The first-order chi connectivity index (χ1) is 13.7. The fourth-order valence-electron chi connectivity index (χ4n) is 3.26. The Hall–Kier alpha value is -1.57. The molecule has 0 bridgehead atoms. The van der Waals surface area contributed by atoms with Crippen molar-refractivity contribution in [3.8, 4) is 5.75 Å². The SMILES string of the molecule is CC(=O)OC1[C@H](Oc2ccc(N)cc2CO[Si](C)(C)C(C)(C)C)OC(C)[C@@H](C)[C@@H]1C. The zero-order valence-electron chi connectivity index (χ0n) is 19.9. The number of rotatable bonds is 6. The minimum Gasteiger partial charge on any atom is -0.460 e. The van der Waals surface area contributed by atoms with Crippen molar-refractivity contribution in [3.63, 3.8) is 0 Å². The number of anilines is 1. The highest BCUT2D eigenvalue weighted by atomic mass is 28.4. The van der Waals surface area contributed by atoms with Gasteiger partial charge in [0.1, 0.15) is 5.75 Å². The lowest BCUT2D eigenvalue weighted by Crippen LogP contribution is -2.52. The summed E-state index contributed by atoms with van der Waals surface area (Å²) in [5.74, 6) is 0.633. The predicted octanol–water partition coefficient (Wildman–Crippen LogP) is 5.12. The van der Waals surface area contributed by atoms with Crippen molar-refractivity contribution >= 4 is 20.0 Å². The van der Waals surface area contributed by atoms with Crippen LogP contribution in [0, 0.1) is 11.8 Å². The number of nitrogens with two attached hydrogens (primary N) is 1. The van der Waals surface area contributed by atoms with Crippen LogP contribution in [0.4, 0.5) is 5.69 Å². The Morgan fingerprint density at radius 1 is 1.17 bits per heavy atom. The van der Waals surface area contributed by atoms with Crippen LogP contribution in [0.5, 0.6) is 5.75 Å². The zero-order valence-corrected chi connectivity index (χ0v) is 20.9. The lowest BCUT2D eigenvalue weighted by Gasteiger charge is -2.42. The van der Waals surface area contributed by atoms with Gasteiger partial charge in [0, 0.05) is 24.1 Å². The molecule has 0 amide bonds.